The topological polar surface area (TPSA) is 57.2 Å². The maximum Gasteiger partial charge on any atom is 0.184 e. The van der Waals surface area contributed by atoms with Crippen molar-refractivity contribution in [2.45, 2.75) is 45.6 Å². The Morgan fingerprint density at radius 1 is 1.30 bits per heavy atom. The molecule has 0 saturated carbocycles. The first-order chi connectivity index (χ1) is 11.2. The molecule has 2 N–H and O–H groups in total. The van der Waals surface area contributed by atoms with Crippen LogP contribution in [0.1, 0.15) is 45.2 Å². The largest absolute Gasteiger partial charge is 0.370 e. The molecule has 0 fully saturated rings. The highest BCUT2D eigenvalue weighted by molar-refractivity contribution is 6.06. The summed E-state index contributed by atoms with van der Waals surface area (Å²) in [5.41, 5.74) is 5.04. The first kappa shape index (κ1) is 15.5. The summed E-state index contributed by atoms with van der Waals surface area (Å²) in [4.78, 5) is 19.9. The van der Waals surface area contributed by atoms with Crippen molar-refractivity contribution in [2.75, 3.05) is 0 Å². The van der Waals surface area contributed by atoms with Crippen molar-refractivity contribution >= 4 is 17.2 Å². The number of unbranched alkanes of at least 4 members (excludes halogenated alkanes) is 2. The number of carbonyl (C=O) groups is 1. The van der Waals surface area contributed by atoms with Gasteiger partial charge in [-0.05, 0) is 49.6 Å². The molecule has 1 unspecified atom stereocenters. The monoisotopic (exact) mass is 309 g/mol. The quantitative estimate of drug-likeness (QED) is 0.786. The van der Waals surface area contributed by atoms with Gasteiger partial charge >= 0.3 is 0 Å². The third kappa shape index (κ3) is 3.52. The van der Waals surface area contributed by atoms with Crippen molar-refractivity contribution in [1.82, 2.24) is 10.3 Å². The minimum Gasteiger partial charge on any atom is -0.370 e. The molecule has 4 heteroatoms. The molecule has 2 aliphatic heterocycles. The minimum atomic E-state index is -0.328. The average Bonchev–Trinajstić information content (AvgIpc) is 3.23. The highest BCUT2D eigenvalue weighted by Crippen LogP contribution is 2.23. The Kier molecular flexibility index (Phi) is 4.60. The van der Waals surface area contributed by atoms with E-state index in [2.05, 4.69) is 28.3 Å². The molecule has 23 heavy (non-hydrogen) atoms. The number of rotatable bonds is 6. The van der Waals surface area contributed by atoms with Crippen LogP contribution in [0.4, 0.5) is 0 Å². The van der Waals surface area contributed by atoms with Gasteiger partial charge in [-0.2, -0.15) is 0 Å². The van der Waals surface area contributed by atoms with Crippen LogP contribution in [-0.4, -0.2) is 22.5 Å². The molecule has 0 bridgehead atoms. The third-order valence-electron chi connectivity index (χ3n) is 4.26. The van der Waals surface area contributed by atoms with Crippen LogP contribution < -0.4 is 5.32 Å². The summed E-state index contributed by atoms with van der Waals surface area (Å²) in [7, 11) is 0. The molecule has 120 valence electrons. The Balaban J connectivity index is 1.68. The lowest BCUT2D eigenvalue weighted by Gasteiger charge is -2.07. The van der Waals surface area contributed by atoms with Gasteiger partial charge in [-0.1, -0.05) is 19.8 Å². The molecule has 0 radical (unpaired) electrons. The second-order valence-electron chi connectivity index (χ2n) is 6.08. The number of hydrogen-bond acceptors (Lipinski definition) is 3. The molecular weight excluding hydrogens is 286 g/mol. The van der Waals surface area contributed by atoms with E-state index in [1.54, 1.807) is 6.08 Å². The SMILES string of the molecule is CCCCCC1=C/C(=C/C2NC(c3ccc[nH]3)=CC2=O)N=C1C. The van der Waals surface area contributed by atoms with Gasteiger partial charge in [-0.25, -0.2) is 0 Å². The molecule has 4 nitrogen and oxygen atoms in total. The molecule has 1 atom stereocenters. The van der Waals surface area contributed by atoms with E-state index in [4.69, 9.17) is 0 Å². The Bertz CT molecular complexity index is 705. The van der Waals surface area contributed by atoms with Gasteiger partial charge < -0.3 is 10.3 Å². The Morgan fingerprint density at radius 3 is 2.91 bits per heavy atom. The zero-order chi connectivity index (χ0) is 16.2. The molecule has 1 aromatic rings. The van der Waals surface area contributed by atoms with E-state index in [9.17, 15) is 4.79 Å². The lowest BCUT2D eigenvalue weighted by molar-refractivity contribution is -0.114. The fourth-order valence-corrected chi connectivity index (χ4v) is 2.94. The van der Waals surface area contributed by atoms with Gasteiger partial charge in [0.2, 0.25) is 0 Å². The normalized spacial score (nSPS) is 22.2. The number of nitrogens with zero attached hydrogens (tertiary/aromatic N) is 1. The van der Waals surface area contributed by atoms with Crippen molar-refractivity contribution in [3.05, 3.63) is 53.5 Å². The molecule has 0 amide bonds. The van der Waals surface area contributed by atoms with Crippen molar-refractivity contribution in [3.63, 3.8) is 0 Å². The molecule has 0 aliphatic carbocycles. The van der Waals surface area contributed by atoms with Crippen molar-refractivity contribution in [3.8, 4) is 0 Å². The molecule has 1 aromatic heterocycles. The van der Waals surface area contributed by atoms with Gasteiger partial charge in [0.05, 0.1) is 17.1 Å². The first-order valence-electron chi connectivity index (χ1n) is 8.31. The highest BCUT2D eigenvalue weighted by Gasteiger charge is 2.24. The standard InChI is InChI=1S/C19H23N3O/c1-3-4-5-7-14-10-15(21-13(14)2)11-18-19(23)12-17(22-18)16-8-6-9-20-16/h6,8-12,18,20,22H,3-5,7H2,1-2H3/b15-11-. The smallest absolute Gasteiger partial charge is 0.184 e. The fraction of sp³-hybridized carbons (Fsp3) is 0.368. The van der Waals surface area contributed by atoms with Crippen LogP contribution in [-0.2, 0) is 4.79 Å². The van der Waals surface area contributed by atoms with Gasteiger partial charge in [0.15, 0.2) is 5.78 Å². The maximum absolute atomic E-state index is 12.2. The lowest BCUT2D eigenvalue weighted by atomic mass is 10.0. The summed E-state index contributed by atoms with van der Waals surface area (Å²) in [5.74, 6) is 0.0720. The highest BCUT2D eigenvalue weighted by atomic mass is 16.1. The van der Waals surface area contributed by atoms with Gasteiger partial charge in [0, 0.05) is 18.0 Å². The van der Waals surface area contributed by atoms with E-state index in [1.807, 2.05) is 31.3 Å². The predicted octanol–water partition coefficient (Wildman–Crippen LogP) is 3.76. The second kappa shape index (κ2) is 6.82. The Morgan fingerprint density at radius 2 is 2.17 bits per heavy atom. The first-order valence-corrected chi connectivity index (χ1v) is 8.31. The third-order valence-corrected chi connectivity index (χ3v) is 4.26. The number of carbonyl (C=O) groups excluding carboxylic acids is 1. The van der Waals surface area contributed by atoms with E-state index in [-0.39, 0.29) is 11.8 Å². The predicted molar refractivity (Wildman–Crippen MR) is 94.1 cm³/mol. The van der Waals surface area contributed by atoms with Crippen LogP contribution in [0.15, 0.2) is 52.8 Å². The summed E-state index contributed by atoms with van der Waals surface area (Å²) in [5, 5.41) is 3.26. The molecule has 0 saturated heterocycles. The Hall–Kier alpha value is -2.36. The fourth-order valence-electron chi connectivity index (χ4n) is 2.94. The number of hydrogen-bond donors (Lipinski definition) is 2. The molecule has 3 rings (SSSR count). The molecule has 2 aliphatic rings. The van der Waals surface area contributed by atoms with Gasteiger partial charge in [0.1, 0.15) is 6.04 Å². The van der Waals surface area contributed by atoms with E-state index in [1.165, 1.54) is 24.8 Å². The maximum atomic E-state index is 12.2. The van der Waals surface area contributed by atoms with E-state index >= 15 is 0 Å². The minimum absolute atomic E-state index is 0.0720. The lowest BCUT2D eigenvalue weighted by Crippen LogP contribution is -2.26. The summed E-state index contributed by atoms with van der Waals surface area (Å²) in [6, 6.07) is 3.54. The van der Waals surface area contributed by atoms with Gasteiger partial charge in [-0.3, -0.25) is 9.79 Å². The van der Waals surface area contributed by atoms with Crippen LogP contribution in [0.3, 0.4) is 0 Å². The van der Waals surface area contributed by atoms with Crippen LogP contribution >= 0.6 is 0 Å². The second-order valence-corrected chi connectivity index (χ2v) is 6.08. The number of ketones is 1. The number of nitrogens with one attached hydrogen (secondary N) is 2. The summed E-state index contributed by atoms with van der Waals surface area (Å²) < 4.78 is 0. The molecular formula is C19H23N3O. The number of allylic oxidation sites excluding steroid dienone is 2. The summed E-state index contributed by atoms with van der Waals surface area (Å²) in [6.45, 7) is 4.26. The molecule has 0 spiro atoms. The van der Waals surface area contributed by atoms with E-state index < -0.39 is 0 Å². The van der Waals surface area contributed by atoms with Crippen LogP contribution in [0.5, 0.6) is 0 Å². The van der Waals surface area contributed by atoms with Crippen LogP contribution in [0, 0.1) is 0 Å². The average molecular weight is 309 g/mol. The zero-order valence-electron chi connectivity index (χ0n) is 13.7. The zero-order valence-corrected chi connectivity index (χ0v) is 13.7. The number of H-pyrrole nitrogens is 1. The number of aliphatic imine (C=N–C) groups is 1. The molecule has 0 aromatic carbocycles. The van der Waals surface area contributed by atoms with Gasteiger partial charge in [-0.15, -0.1) is 0 Å². The number of aromatic nitrogens is 1. The van der Waals surface area contributed by atoms with E-state index in [0.29, 0.717) is 0 Å². The molecule has 3 heterocycles. The van der Waals surface area contributed by atoms with Crippen molar-refractivity contribution in [2.24, 2.45) is 4.99 Å². The van der Waals surface area contributed by atoms with E-state index in [0.717, 1.165) is 29.2 Å². The van der Waals surface area contributed by atoms with Crippen molar-refractivity contribution in [1.29, 1.82) is 0 Å². The number of aromatic amines is 1. The van der Waals surface area contributed by atoms with Crippen LogP contribution in [0.2, 0.25) is 0 Å². The van der Waals surface area contributed by atoms with Crippen LogP contribution in [0.25, 0.3) is 5.70 Å². The summed E-state index contributed by atoms with van der Waals surface area (Å²) in [6.07, 6.45) is 12.3. The Labute approximate surface area is 137 Å². The summed E-state index contributed by atoms with van der Waals surface area (Å²) >= 11 is 0. The van der Waals surface area contributed by atoms with Gasteiger partial charge in [0.25, 0.3) is 0 Å². The van der Waals surface area contributed by atoms with Crippen molar-refractivity contribution < 1.29 is 4.79 Å².